The summed E-state index contributed by atoms with van der Waals surface area (Å²) >= 11 is 0. The summed E-state index contributed by atoms with van der Waals surface area (Å²) in [6.07, 6.45) is 6.39. The van der Waals surface area contributed by atoms with Crippen molar-refractivity contribution in [1.29, 1.82) is 0 Å². The fourth-order valence-electron chi connectivity index (χ4n) is 1.18. The molecule has 0 aromatic rings. The number of allylic oxidation sites excluding steroid dienone is 3. The van der Waals surface area contributed by atoms with E-state index >= 15 is 0 Å². The van der Waals surface area contributed by atoms with Gasteiger partial charge in [-0.3, -0.25) is 4.55 Å². The van der Waals surface area contributed by atoms with E-state index in [0.29, 0.717) is 0 Å². The van der Waals surface area contributed by atoms with Gasteiger partial charge in [0.05, 0.1) is 0 Å². The Morgan fingerprint density at radius 3 is 2.62 bits per heavy atom. The third-order valence-corrected chi connectivity index (χ3v) is 3.63. The molecule has 1 aliphatic carbocycles. The van der Waals surface area contributed by atoms with Gasteiger partial charge in [-0.2, -0.15) is 8.42 Å². The van der Waals surface area contributed by atoms with Gasteiger partial charge in [-0.1, -0.05) is 29.9 Å². The first-order chi connectivity index (χ1) is 5.91. The molecular formula is C9H12O3S. The molecule has 0 aliphatic heterocycles. The number of hydrogen-bond acceptors (Lipinski definition) is 2. The maximum atomic E-state index is 11.0. The third-order valence-electron chi connectivity index (χ3n) is 2.20. The largest absolute Gasteiger partial charge is 0.285 e. The van der Waals surface area contributed by atoms with Gasteiger partial charge in [-0.25, -0.2) is 0 Å². The van der Waals surface area contributed by atoms with Crippen LogP contribution >= 0.6 is 0 Å². The second kappa shape index (κ2) is 3.12. The second-order valence-corrected chi connectivity index (χ2v) is 4.83. The molecule has 13 heavy (non-hydrogen) atoms. The number of rotatable bonds is 2. The first-order valence-corrected chi connectivity index (χ1v) is 5.32. The topological polar surface area (TPSA) is 54.4 Å². The Bertz CT molecular complexity index is 376. The number of hydrogen-bond donors (Lipinski definition) is 1. The lowest BCUT2D eigenvalue weighted by atomic mass is 9.97. The summed E-state index contributed by atoms with van der Waals surface area (Å²) < 4.78 is 29.8. The zero-order valence-electron chi connectivity index (χ0n) is 7.40. The molecule has 0 aromatic heterocycles. The molecule has 0 fully saturated rings. The van der Waals surface area contributed by atoms with Crippen LogP contribution < -0.4 is 0 Å². The molecule has 0 radical (unpaired) electrons. The molecule has 4 heteroatoms. The molecular weight excluding hydrogens is 188 g/mol. The van der Waals surface area contributed by atoms with E-state index in [-0.39, 0.29) is 6.42 Å². The highest BCUT2D eigenvalue weighted by Gasteiger charge is 2.37. The highest BCUT2D eigenvalue weighted by atomic mass is 32.2. The fourth-order valence-corrected chi connectivity index (χ4v) is 1.92. The van der Waals surface area contributed by atoms with Crippen LogP contribution in [-0.2, 0) is 10.1 Å². The lowest BCUT2D eigenvalue weighted by Crippen LogP contribution is -2.34. The van der Waals surface area contributed by atoms with Crippen LogP contribution in [0.15, 0.2) is 36.5 Å². The van der Waals surface area contributed by atoms with Crippen molar-refractivity contribution in [3.05, 3.63) is 36.5 Å². The molecule has 1 aliphatic rings. The summed E-state index contributed by atoms with van der Waals surface area (Å²) in [5.41, 5.74) is 0.987. The summed E-state index contributed by atoms with van der Waals surface area (Å²) in [5, 5.41) is 0. The van der Waals surface area contributed by atoms with Crippen molar-refractivity contribution >= 4 is 10.1 Å². The molecule has 0 amide bonds. The van der Waals surface area contributed by atoms with E-state index in [2.05, 4.69) is 6.58 Å². The first kappa shape index (κ1) is 10.2. The smallest absolute Gasteiger partial charge is 0.278 e. The molecule has 1 N–H and O–H groups in total. The molecule has 0 spiro atoms. The quantitative estimate of drug-likeness (QED) is 0.545. The molecule has 0 bridgehead atoms. The molecule has 0 heterocycles. The Labute approximate surface area is 78.2 Å². The summed E-state index contributed by atoms with van der Waals surface area (Å²) in [5.74, 6) is 0. The van der Waals surface area contributed by atoms with E-state index in [1.807, 2.05) is 6.92 Å². The van der Waals surface area contributed by atoms with Gasteiger partial charge in [0.15, 0.2) is 0 Å². The highest BCUT2D eigenvalue weighted by molar-refractivity contribution is 7.87. The van der Waals surface area contributed by atoms with Crippen molar-refractivity contribution in [3.63, 3.8) is 0 Å². The second-order valence-electron chi connectivity index (χ2n) is 3.12. The Kier molecular flexibility index (Phi) is 2.45. The van der Waals surface area contributed by atoms with E-state index in [0.717, 1.165) is 5.57 Å². The summed E-state index contributed by atoms with van der Waals surface area (Å²) in [4.78, 5) is 0. The molecule has 72 valence electrons. The van der Waals surface area contributed by atoms with Crippen LogP contribution in [-0.4, -0.2) is 17.7 Å². The maximum Gasteiger partial charge on any atom is 0.278 e. The van der Waals surface area contributed by atoms with Crippen LogP contribution in [0, 0.1) is 0 Å². The monoisotopic (exact) mass is 200 g/mol. The Balaban J connectivity index is 3.16. The molecule has 1 atom stereocenters. The van der Waals surface area contributed by atoms with Crippen LogP contribution in [0.2, 0.25) is 0 Å². The third kappa shape index (κ3) is 1.73. The van der Waals surface area contributed by atoms with E-state index in [4.69, 9.17) is 4.55 Å². The van der Waals surface area contributed by atoms with Crippen LogP contribution in [0.3, 0.4) is 0 Å². The standard InChI is InChI=1S/C9H12O3S/c1-3-9(13(10,11)12)6-4-8(2)5-7-9/h3-6H,1,7H2,2H3,(H,10,11,12). The van der Waals surface area contributed by atoms with Crippen LogP contribution in [0.25, 0.3) is 0 Å². The van der Waals surface area contributed by atoms with E-state index in [9.17, 15) is 8.42 Å². The van der Waals surface area contributed by atoms with Crippen molar-refractivity contribution in [2.24, 2.45) is 0 Å². The average molecular weight is 200 g/mol. The highest BCUT2D eigenvalue weighted by Crippen LogP contribution is 2.29. The normalized spacial score (nSPS) is 28.3. The van der Waals surface area contributed by atoms with Crippen LogP contribution in [0.4, 0.5) is 0 Å². The Morgan fingerprint density at radius 2 is 2.31 bits per heavy atom. The van der Waals surface area contributed by atoms with Gasteiger partial charge in [0, 0.05) is 0 Å². The zero-order chi connectivity index (χ0) is 10.1. The molecule has 0 aromatic carbocycles. The van der Waals surface area contributed by atoms with Gasteiger partial charge < -0.3 is 0 Å². The van der Waals surface area contributed by atoms with E-state index in [1.165, 1.54) is 12.2 Å². The van der Waals surface area contributed by atoms with Gasteiger partial charge in [-0.05, 0) is 13.3 Å². The zero-order valence-corrected chi connectivity index (χ0v) is 8.21. The van der Waals surface area contributed by atoms with E-state index < -0.39 is 14.9 Å². The molecule has 0 saturated heterocycles. The van der Waals surface area contributed by atoms with Gasteiger partial charge in [0.1, 0.15) is 4.75 Å². The Morgan fingerprint density at radius 1 is 1.69 bits per heavy atom. The van der Waals surface area contributed by atoms with Gasteiger partial charge in [0.25, 0.3) is 10.1 Å². The maximum absolute atomic E-state index is 11.0. The van der Waals surface area contributed by atoms with Crippen molar-refractivity contribution < 1.29 is 13.0 Å². The predicted molar refractivity (Wildman–Crippen MR) is 52.0 cm³/mol. The van der Waals surface area contributed by atoms with Crippen LogP contribution in [0.1, 0.15) is 13.3 Å². The van der Waals surface area contributed by atoms with Crippen molar-refractivity contribution in [1.82, 2.24) is 0 Å². The molecule has 1 rings (SSSR count). The minimum Gasteiger partial charge on any atom is -0.285 e. The molecule has 3 nitrogen and oxygen atoms in total. The summed E-state index contributed by atoms with van der Waals surface area (Å²) in [6, 6.07) is 0. The average Bonchev–Trinajstić information content (AvgIpc) is 2.04. The van der Waals surface area contributed by atoms with Crippen LogP contribution in [0.5, 0.6) is 0 Å². The first-order valence-electron chi connectivity index (χ1n) is 3.88. The molecule has 1 unspecified atom stereocenters. The van der Waals surface area contributed by atoms with Gasteiger partial charge in [-0.15, -0.1) is 6.58 Å². The minimum absolute atomic E-state index is 0.248. The summed E-state index contributed by atoms with van der Waals surface area (Å²) in [6.45, 7) is 5.30. The van der Waals surface area contributed by atoms with Gasteiger partial charge >= 0.3 is 0 Å². The van der Waals surface area contributed by atoms with E-state index in [1.54, 1.807) is 12.2 Å². The van der Waals surface area contributed by atoms with Crippen molar-refractivity contribution in [2.45, 2.75) is 18.1 Å². The fraction of sp³-hybridized carbons (Fsp3) is 0.333. The Hall–Kier alpha value is -0.870. The minimum atomic E-state index is -4.11. The lowest BCUT2D eigenvalue weighted by molar-refractivity contribution is 0.461. The van der Waals surface area contributed by atoms with Crippen molar-refractivity contribution in [2.75, 3.05) is 0 Å². The molecule has 0 saturated carbocycles. The summed E-state index contributed by atoms with van der Waals surface area (Å²) in [7, 11) is -4.11. The predicted octanol–water partition coefficient (Wildman–Crippen LogP) is 1.71. The van der Waals surface area contributed by atoms with Crippen molar-refractivity contribution in [3.8, 4) is 0 Å². The lowest BCUT2D eigenvalue weighted by Gasteiger charge is -2.24. The van der Waals surface area contributed by atoms with Gasteiger partial charge in [0.2, 0.25) is 0 Å². The SMILES string of the molecule is C=CC1(S(=O)(=O)O)C=CC(C)=CC1.